The number of carbonyl (C=O) groups excluding carboxylic acids is 4. The normalized spacial score (nSPS) is 14.8. The van der Waals surface area contributed by atoms with Crippen molar-refractivity contribution >= 4 is 67.7 Å². The van der Waals surface area contributed by atoms with Crippen LogP contribution in [0.5, 0.6) is 11.5 Å². The highest BCUT2D eigenvalue weighted by molar-refractivity contribution is 7.19. The molecule has 0 bridgehead atoms. The maximum absolute atomic E-state index is 13.9. The van der Waals surface area contributed by atoms with E-state index < -0.39 is 0 Å². The summed E-state index contributed by atoms with van der Waals surface area (Å²) < 4.78 is 14.5. The Morgan fingerprint density at radius 3 is 2.53 bits per heavy atom. The molecule has 0 aliphatic carbocycles. The molecule has 5 aromatic rings. The van der Waals surface area contributed by atoms with Gasteiger partial charge in [0.15, 0.2) is 11.5 Å². The highest BCUT2D eigenvalue weighted by Crippen LogP contribution is 2.42. The number of thiophene rings is 1. The number of benzene rings is 3. The molecule has 58 heavy (non-hydrogen) atoms. The molecule has 3 amide bonds. The first-order chi connectivity index (χ1) is 27.8. The number of aryl methyl sites for hydroxylation is 1. The molecule has 2 aliphatic rings. The number of amides is 3. The highest BCUT2D eigenvalue weighted by Gasteiger charge is 2.39. The van der Waals surface area contributed by atoms with E-state index in [1.54, 1.807) is 48.4 Å². The van der Waals surface area contributed by atoms with Crippen LogP contribution in [0.4, 0.5) is 22.7 Å². The van der Waals surface area contributed by atoms with Gasteiger partial charge in [-0.05, 0) is 91.7 Å². The van der Waals surface area contributed by atoms with E-state index in [0.29, 0.717) is 59.9 Å². The number of likely N-dealkylation sites (N-methyl/N-ethyl adjacent to an activating group) is 1. The number of methoxy groups -OCH3 is 1. The van der Waals surface area contributed by atoms with Crippen LogP contribution in [0, 0.1) is 5.41 Å². The van der Waals surface area contributed by atoms with Crippen molar-refractivity contribution in [3.05, 3.63) is 94.6 Å². The number of carbonyl (C=O) groups is 4. The molecule has 2 aromatic heterocycles. The van der Waals surface area contributed by atoms with Gasteiger partial charge in [-0.1, -0.05) is 32.0 Å². The second kappa shape index (κ2) is 17.1. The van der Waals surface area contributed by atoms with Gasteiger partial charge in [-0.3, -0.25) is 19.2 Å². The van der Waals surface area contributed by atoms with Crippen molar-refractivity contribution in [2.24, 2.45) is 12.5 Å². The second-order valence-electron chi connectivity index (χ2n) is 16.1. The smallest absolute Gasteiger partial charge is 0.272 e. The van der Waals surface area contributed by atoms with Crippen molar-refractivity contribution in [1.82, 2.24) is 9.88 Å². The average Bonchev–Trinajstić information content (AvgIpc) is 3.86. The number of ketones is 1. The minimum atomic E-state index is -0.308. The van der Waals surface area contributed by atoms with Gasteiger partial charge in [-0.25, -0.2) is 0 Å². The Bertz CT molecular complexity index is 2360. The number of hydrogen-bond acceptors (Lipinski definition) is 9. The number of anilines is 4. The summed E-state index contributed by atoms with van der Waals surface area (Å²) in [4.78, 5) is 57.9. The molecular formula is C45H52N6O6S. The standard InChI is InChI=1S/C45H52N6O6S/c1-45(2,27-46-3)16-15-33(52)22-34-20-29-18-30(13-14-41(29)58-34)48-43(54)38-21-31(25-49(38)4)47-42(53)12-9-17-57-40-24-37-35(23-39(40)56-6)44(55)51-32(26-50(37)5)19-28-10-7-8-11-36(28)51/h7-8,10-11,13-14,18,20-21,23-25,32,46H,9,12,15-17,19,22,26-27H2,1-6H3,(H,47,53)(H,48,54)/t32-/m0/s1. The van der Waals surface area contributed by atoms with Gasteiger partial charge in [0.1, 0.15) is 11.5 Å². The fraction of sp³-hybridized carbons (Fsp3) is 0.378. The van der Waals surface area contributed by atoms with E-state index >= 15 is 0 Å². The average molecular weight is 805 g/mol. The number of Topliss-reactive ketones (excluding diaryl/α,β-unsaturated/α-hetero) is 1. The van der Waals surface area contributed by atoms with E-state index in [1.165, 1.54) is 5.56 Å². The van der Waals surface area contributed by atoms with Crippen LogP contribution < -0.4 is 35.2 Å². The zero-order valence-electron chi connectivity index (χ0n) is 34.1. The van der Waals surface area contributed by atoms with Crippen LogP contribution in [-0.4, -0.2) is 75.0 Å². The third-order valence-corrected chi connectivity index (χ3v) is 12.1. The highest BCUT2D eigenvalue weighted by atomic mass is 32.1. The third kappa shape index (κ3) is 8.90. The van der Waals surface area contributed by atoms with Gasteiger partial charge in [0.05, 0.1) is 36.7 Å². The van der Waals surface area contributed by atoms with Crippen LogP contribution >= 0.6 is 11.3 Å². The fourth-order valence-corrected chi connectivity index (χ4v) is 9.09. The lowest BCUT2D eigenvalue weighted by Crippen LogP contribution is -2.41. The van der Waals surface area contributed by atoms with Crippen LogP contribution in [0.3, 0.4) is 0 Å². The fourth-order valence-electron chi connectivity index (χ4n) is 8.02. The van der Waals surface area contributed by atoms with E-state index in [9.17, 15) is 19.2 Å². The molecule has 1 atom stereocenters. The first-order valence-corrected chi connectivity index (χ1v) is 20.6. The summed E-state index contributed by atoms with van der Waals surface area (Å²) in [5.74, 6) is 0.608. The van der Waals surface area contributed by atoms with Crippen molar-refractivity contribution in [3.8, 4) is 11.5 Å². The Hall–Kier alpha value is -5.66. The van der Waals surface area contributed by atoms with Crippen molar-refractivity contribution in [1.29, 1.82) is 0 Å². The lowest BCUT2D eigenvalue weighted by Gasteiger charge is -2.25. The molecule has 13 heteroatoms. The molecule has 0 fully saturated rings. The van der Waals surface area contributed by atoms with Crippen LogP contribution in [0.25, 0.3) is 10.1 Å². The summed E-state index contributed by atoms with van der Waals surface area (Å²) in [5.41, 5.74) is 5.06. The van der Waals surface area contributed by atoms with Gasteiger partial charge < -0.3 is 39.8 Å². The minimum absolute atomic E-state index is 0.0304. The van der Waals surface area contributed by atoms with Gasteiger partial charge in [0, 0.05) is 73.1 Å². The monoisotopic (exact) mass is 804 g/mol. The van der Waals surface area contributed by atoms with Crippen LogP contribution in [0.1, 0.15) is 70.8 Å². The van der Waals surface area contributed by atoms with E-state index in [-0.39, 0.29) is 48.0 Å². The van der Waals surface area contributed by atoms with Gasteiger partial charge >= 0.3 is 0 Å². The molecule has 12 nitrogen and oxygen atoms in total. The van der Waals surface area contributed by atoms with E-state index in [2.05, 4.69) is 40.8 Å². The molecule has 0 radical (unpaired) electrons. The number of ether oxygens (including phenoxy) is 2. The van der Waals surface area contributed by atoms with Gasteiger partial charge in [-0.15, -0.1) is 11.3 Å². The Balaban J connectivity index is 0.906. The molecule has 0 saturated carbocycles. The van der Waals surface area contributed by atoms with Crippen LogP contribution in [0.2, 0.25) is 0 Å². The third-order valence-electron chi connectivity index (χ3n) is 11.0. The van der Waals surface area contributed by atoms with Crippen molar-refractivity contribution in [2.75, 3.05) is 61.3 Å². The van der Waals surface area contributed by atoms with Crippen molar-refractivity contribution in [2.45, 2.75) is 58.4 Å². The van der Waals surface area contributed by atoms with Gasteiger partial charge in [-0.2, -0.15) is 0 Å². The van der Waals surface area contributed by atoms with Gasteiger partial charge in [0.25, 0.3) is 11.8 Å². The Labute approximate surface area is 343 Å². The minimum Gasteiger partial charge on any atom is -0.493 e. The Kier molecular flexibility index (Phi) is 11.9. The summed E-state index contributed by atoms with van der Waals surface area (Å²) in [5, 5.41) is 10.0. The molecule has 4 heterocycles. The number of para-hydroxylation sites is 1. The number of aromatic nitrogens is 1. The quantitative estimate of drug-likeness (QED) is 0.0877. The predicted octanol–water partition coefficient (Wildman–Crippen LogP) is 7.46. The Morgan fingerprint density at radius 1 is 0.931 bits per heavy atom. The maximum atomic E-state index is 13.9. The number of nitrogens with zero attached hydrogens (tertiary/aromatic N) is 3. The number of rotatable bonds is 16. The van der Waals surface area contributed by atoms with E-state index in [4.69, 9.17) is 9.47 Å². The van der Waals surface area contributed by atoms with E-state index in [0.717, 1.165) is 45.7 Å². The summed E-state index contributed by atoms with van der Waals surface area (Å²) in [7, 11) is 7.22. The maximum Gasteiger partial charge on any atom is 0.272 e. The summed E-state index contributed by atoms with van der Waals surface area (Å²) in [6.07, 6.45) is 4.92. The lowest BCUT2D eigenvalue weighted by atomic mass is 9.86. The molecule has 3 N–H and O–H groups in total. The Morgan fingerprint density at radius 2 is 1.74 bits per heavy atom. The molecule has 7 rings (SSSR count). The molecule has 3 aromatic carbocycles. The summed E-state index contributed by atoms with van der Waals surface area (Å²) >= 11 is 1.60. The topological polar surface area (TPSA) is 134 Å². The summed E-state index contributed by atoms with van der Waals surface area (Å²) in [6, 6.07) is 21.1. The lowest BCUT2D eigenvalue weighted by molar-refractivity contribution is -0.119. The SMILES string of the molecule is CNCC(C)(C)CCC(=O)Cc1cc2cc(NC(=O)c3cc(NC(=O)CCCOc4cc5c(cc4OC)C(=O)N4c6ccccc6C[C@H]4CN5C)cn3C)ccc2s1. The predicted molar refractivity (Wildman–Crippen MR) is 231 cm³/mol. The largest absolute Gasteiger partial charge is 0.493 e. The first kappa shape index (κ1) is 40.5. The summed E-state index contributed by atoms with van der Waals surface area (Å²) in [6.45, 7) is 6.13. The van der Waals surface area contributed by atoms with E-state index in [1.807, 2.05) is 67.5 Å². The second-order valence-corrected chi connectivity index (χ2v) is 17.3. The van der Waals surface area contributed by atoms with Crippen LogP contribution in [0.15, 0.2) is 72.9 Å². The zero-order chi connectivity index (χ0) is 41.1. The van der Waals surface area contributed by atoms with Gasteiger partial charge in [0.2, 0.25) is 5.91 Å². The van der Waals surface area contributed by atoms with Crippen molar-refractivity contribution < 1.29 is 28.7 Å². The molecule has 2 aliphatic heterocycles. The number of fused-ring (bicyclic) bond motifs is 5. The zero-order valence-corrected chi connectivity index (χ0v) is 34.9. The number of nitrogens with one attached hydrogen (secondary N) is 3. The number of hydrogen-bond donors (Lipinski definition) is 3. The molecular weight excluding hydrogens is 753 g/mol. The van der Waals surface area contributed by atoms with Crippen LogP contribution in [-0.2, 0) is 29.5 Å². The van der Waals surface area contributed by atoms with Crippen molar-refractivity contribution in [3.63, 3.8) is 0 Å². The molecule has 0 unspecified atom stereocenters. The first-order valence-electron chi connectivity index (χ1n) is 19.8. The molecule has 0 spiro atoms. The molecule has 304 valence electrons. The molecule has 0 saturated heterocycles.